The third-order valence-electron chi connectivity index (χ3n) is 4.74. The molecule has 10 atom stereocenters. The van der Waals surface area contributed by atoms with Gasteiger partial charge in [-0.15, -0.1) is 0 Å². The first-order valence-electron chi connectivity index (χ1n) is 9.24. The second-order valence-corrected chi connectivity index (χ2v) is 6.75. The maximum absolute atomic E-state index is 11.0. The monoisotopic (exact) mass is 440 g/mol. The van der Waals surface area contributed by atoms with Crippen LogP contribution >= 0.6 is 0 Å². The van der Waals surface area contributed by atoms with E-state index >= 15 is 0 Å². The van der Waals surface area contributed by atoms with Crippen LogP contribution in [0.25, 0.3) is 0 Å². The third kappa shape index (κ3) is 5.72. The number of hydrogen-bond acceptors (Lipinski definition) is 13. The molecule has 2 aliphatic rings. The molecule has 2 rings (SSSR count). The Balaban J connectivity index is 1.99. The van der Waals surface area contributed by atoms with E-state index in [-0.39, 0.29) is 13.2 Å². The molecule has 0 bridgehead atoms. The fourth-order valence-electron chi connectivity index (χ4n) is 3.06. The van der Waals surface area contributed by atoms with Crippen molar-refractivity contribution >= 4 is 5.97 Å². The molecular weight excluding hydrogens is 412 g/mol. The molecule has 0 amide bonds. The van der Waals surface area contributed by atoms with Crippen LogP contribution in [0.15, 0.2) is 12.7 Å². The Bertz CT molecular complexity index is 556. The zero-order chi connectivity index (χ0) is 22.4. The Labute approximate surface area is 171 Å². The maximum Gasteiger partial charge on any atom is 0.330 e. The van der Waals surface area contributed by atoms with Crippen LogP contribution in [0, 0.1) is 0 Å². The number of aliphatic hydroxyl groups excluding tert-OH is 7. The smallest absolute Gasteiger partial charge is 0.330 e. The number of ether oxygens (including phenoxy) is 5. The van der Waals surface area contributed by atoms with Crippen molar-refractivity contribution in [3.63, 3.8) is 0 Å². The van der Waals surface area contributed by atoms with Crippen molar-refractivity contribution in [2.45, 2.75) is 61.4 Å². The molecule has 0 aliphatic carbocycles. The van der Waals surface area contributed by atoms with E-state index in [9.17, 15) is 40.5 Å². The average Bonchev–Trinajstić information content (AvgIpc) is 2.75. The van der Waals surface area contributed by atoms with Gasteiger partial charge in [0.2, 0.25) is 0 Å². The van der Waals surface area contributed by atoms with Crippen LogP contribution in [0.4, 0.5) is 0 Å². The molecule has 7 N–H and O–H groups in total. The predicted molar refractivity (Wildman–Crippen MR) is 93.5 cm³/mol. The summed E-state index contributed by atoms with van der Waals surface area (Å²) >= 11 is 0. The van der Waals surface area contributed by atoms with Crippen molar-refractivity contribution in [1.82, 2.24) is 0 Å². The van der Waals surface area contributed by atoms with Gasteiger partial charge in [-0.25, -0.2) is 4.79 Å². The molecule has 2 fully saturated rings. The molecule has 0 unspecified atom stereocenters. The molecule has 2 aliphatic heterocycles. The summed E-state index contributed by atoms with van der Waals surface area (Å²) in [5.41, 5.74) is 0. The second kappa shape index (κ2) is 11.4. The van der Waals surface area contributed by atoms with Crippen molar-refractivity contribution in [2.24, 2.45) is 0 Å². The second-order valence-electron chi connectivity index (χ2n) is 6.75. The van der Waals surface area contributed by atoms with E-state index in [2.05, 4.69) is 6.58 Å². The van der Waals surface area contributed by atoms with Crippen molar-refractivity contribution in [1.29, 1.82) is 0 Å². The quantitative estimate of drug-likeness (QED) is 0.102. The highest BCUT2D eigenvalue weighted by molar-refractivity contribution is 5.81. The van der Waals surface area contributed by atoms with Gasteiger partial charge in [0.1, 0.15) is 55.4 Å². The van der Waals surface area contributed by atoms with Crippen LogP contribution < -0.4 is 0 Å². The molecule has 30 heavy (non-hydrogen) atoms. The summed E-state index contributed by atoms with van der Waals surface area (Å²) in [4.78, 5) is 11.0. The SMILES string of the molecule is C=CC(=O)OCCO[C@H]1O[C@H](CO)[C@@H](O[C@H]2O[C@H](CO)[C@@H](O)[C@H](O)[C@H]2O)[C@H](O)[C@H]1O. The van der Waals surface area contributed by atoms with E-state index in [0.717, 1.165) is 6.08 Å². The number of esters is 1. The highest BCUT2D eigenvalue weighted by Crippen LogP contribution is 2.29. The first-order chi connectivity index (χ1) is 14.2. The van der Waals surface area contributed by atoms with E-state index < -0.39 is 80.6 Å². The van der Waals surface area contributed by atoms with Crippen molar-refractivity contribution in [3.05, 3.63) is 12.7 Å². The number of hydrogen-bond donors (Lipinski definition) is 7. The molecule has 0 aromatic carbocycles. The van der Waals surface area contributed by atoms with Crippen LogP contribution in [-0.2, 0) is 28.5 Å². The summed E-state index contributed by atoms with van der Waals surface area (Å²) in [5, 5.41) is 69.2. The summed E-state index contributed by atoms with van der Waals surface area (Å²) < 4.78 is 25.9. The van der Waals surface area contributed by atoms with Gasteiger partial charge in [-0.05, 0) is 0 Å². The number of aliphatic hydroxyl groups is 7. The molecule has 174 valence electrons. The largest absolute Gasteiger partial charge is 0.460 e. The minimum atomic E-state index is -1.75. The average molecular weight is 440 g/mol. The van der Waals surface area contributed by atoms with Crippen LogP contribution in [-0.4, -0.2) is 130 Å². The normalized spacial score (nSPS) is 42.0. The zero-order valence-corrected chi connectivity index (χ0v) is 16.0. The van der Waals surface area contributed by atoms with E-state index in [1.807, 2.05) is 0 Å². The lowest BCUT2D eigenvalue weighted by atomic mass is 9.97. The first kappa shape index (κ1) is 25.0. The molecule has 13 nitrogen and oxygen atoms in total. The standard InChI is InChI=1S/C17H28O13/c1-2-9(20)26-3-4-27-16-14(25)12(23)15(8(6-19)29-16)30-17-13(24)11(22)10(21)7(5-18)28-17/h2,7-8,10-19,21-25H,1,3-6H2/t7-,8-,10-,11+,12-,13-,14-,15-,16+,17-/m1/s1. The molecule has 0 radical (unpaired) electrons. The number of rotatable bonds is 9. The van der Waals surface area contributed by atoms with Crippen LogP contribution in [0.1, 0.15) is 0 Å². The van der Waals surface area contributed by atoms with Crippen molar-refractivity contribution in [2.75, 3.05) is 26.4 Å². The van der Waals surface area contributed by atoms with Gasteiger partial charge < -0.3 is 59.4 Å². The van der Waals surface area contributed by atoms with E-state index in [1.165, 1.54) is 0 Å². The number of carbonyl (C=O) groups is 1. The van der Waals surface area contributed by atoms with Crippen LogP contribution in [0.5, 0.6) is 0 Å². The Hall–Kier alpha value is -1.23. The van der Waals surface area contributed by atoms with Gasteiger partial charge in [0.25, 0.3) is 0 Å². The fraction of sp³-hybridized carbons (Fsp3) is 0.824. The highest BCUT2D eigenvalue weighted by Gasteiger charge is 2.50. The summed E-state index contributed by atoms with van der Waals surface area (Å²) in [5.74, 6) is -0.676. The minimum absolute atomic E-state index is 0.178. The van der Waals surface area contributed by atoms with E-state index in [1.54, 1.807) is 0 Å². The Morgan fingerprint density at radius 2 is 1.43 bits per heavy atom. The number of carbonyl (C=O) groups excluding carboxylic acids is 1. The van der Waals surface area contributed by atoms with Crippen LogP contribution in [0.3, 0.4) is 0 Å². The molecule has 0 aromatic rings. The van der Waals surface area contributed by atoms with Gasteiger partial charge in [0.05, 0.1) is 19.8 Å². The Morgan fingerprint density at radius 3 is 2.03 bits per heavy atom. The lowest BCUT2D eigenvalue weighted by molar-refractivity contribution is -0.359. The van der Waals surface area contributed by atoms with Gasteiger partial charge in [0, 0.05) is 6.08 Å². The van der Waals surface area contributed by atoms with Crippen molar-refractivity contribution < 1.29 is 64.2 Å². The van der Waals surface area contributed by atoms with Gasteiger partial charge in [-0.2, -0.15) is 0 Å². The van der Waals surface area contributed by atoms with Gasteiger partial charge in [-0.3, -0.25) is 0 Å². The van der Waals surface area contributed by atoms with E-state index in [4.69, 9.17) is 23.7 Å². The lowest BCUT2D eigenvalue weighted by Crippen LogP contribution is -2.64. The summed E-state index contributed by atoms with van der Waals surface area (Å²) in [6.45, 7) is 1.49. The molecule has 0 aromatic heterocycles. The topological polar surface area (TPSA) is 205 Å². The van der Waals surface area contributed by atoms with Gasteiger partial charge >= 0.3 is 5.97 Å². The fourth-order valence-corrected chi connectivity index (χ4v) is 3.06. The zero-order valence-electron chi connectivity index (χ0n) is 16.0. The Kier molecular flexibility index (Phi) is 9.52. The highest BCUT2D eigenvalue weighted by atomic mass is 16.7. The van der Waals surface area contributed by atoms with Crippen LogP contribution in [0.2, 0.25) is 0 Å². The molecule has 13 heteroatoms. The minimum Gasteiger partial charge on any atom is -0.460 e. The third-order valence-corrected chi connectivity index (χ3v) is 4.74. The first-order valence-corrected chi connectivity index (χ1v) is 9.24. The van der Waals surface area contributed by atoms with Gasteiger partial charge in [-0.1, -0.05) is 6.58 Å². The predicted octanol–water partition coefficient (Wildman–Crippen LogP) is -4.64. The molecule has 2 saturated heterocycles. The molecule has 2 heterocycles. The Morgan fingerprint density at radius 1 is 0.833 bits per heavy atom. The summed E-state index contributed by atoms with van der Waals surface area (Å²) in [6.07, 6.45) is -14.4. The summed E-state index contributed by atoms with van der Waals surface area (Å²) in [7, 11) is 0. The van der Waals surface area contributed by atoms with E-state index in [0.29, 0.717) is 0 Å². The molecule has 0 spiro atoms. The maximum atomic E-state index is 11.0. The van der Waals surface area contributed by atoms with Gasteiger partial charge in [0.15, 0.2) is 12.6 Å². The van der Waals surface area contributed by atoms with Crippen molar-refractivity contribution in [3.8, 4) is 0 Å². The molecule has 0 saturated carbocycles. The lowest BCUT2D eigenvalue weighted by Gasteiger charge is -2.45. The summed E-state index contributed by atoms with van der Waals surface area (Å²) in [6, 6.07) is 0. The molecular formula is C17H28O13.